The van der Waals surface area contributed by atoms with Crippen molar-refractivity contribution in [2.45, 2.75) is 64.3 Å². The van der Waals surface area contributed by atoms with Crippen LogP contribution in [0, 0.1) is 5.41 Å². The molecular formula is C22H29F3N2O4. The number of methoxy groups -OCH3 is 1. The first-order valence-corrected chi connectivity index (χ1v) is 10.4. The largest absolute Gasteiger partial charge is 0.465 e. The number of halogens is 3. The number of likely N-dealkylation sites (tertiary alicyclic amines) is 1. The highest BCUT2D eigenvalue weighted by atomic mass is 19.4. The Morgan fingerprint density at radius 3 is 2.26 bits per heavy atom. The van der Waals surface area contributed by atoms with Gasteiger partial charge >= 0.3 is 18.2 Å². The Bertz CT molecular complexity index is 840. The second-order valence-electron chi connectivity index (χ2n) is 9.32. The van der Waals surface area contributed by atoms with Crippen molar-refractivity contribution in [1.82, 2.24) is 4.90 Å². The second kappa shape index (κ2) is 8.24. The molecule has 0 bridgehead atoms. The second-order valence-corrected chi connectivity index (χ2v) is 9.32. The van der Waals surface area contributed by atoms with Gasteiger partial charge in [0.1, 0.15) is 5.60 Å². The van der Waals surface area contributed by atoms with Crippen molar-refractivity contribution in [3.8, 4) is 0 Å². The molecule has 9 heteroatoms. The fourth-order valence-corrected chi connectivity index (χ4v) is 4.33. The van der Waals surface area contributed by atoms with Crippen LogP contribution >= 0.6 is 0 Å². The van der Waals surface area contributed by atoms with Crippen LogP contribution in [-0.2, 0) is 15.7 Å². The lowest BCUT2D eigenvalue weighted by Crippen LogP contribution is -2.56. The first-order chi connectivity index (χ1) is 14.3. The lowest BCUT2D eigenvalue weighted by molar-refractivity contribution is -0.137. The standard InChI is InChI=1S/C22H29F3N2O4/c1-20(2,3)31-19(29)27-11-9-21(10-12-27)8-7-17(21)26-16-13-14(18(28)30-4)5-6-15(16)22(23,24)25/h5-6,13,17,26H,7-12H2,1-4H3/t17-/m0/s1. The van der Waals surface area contributed by atoms with Gasteiger partial charge in [-0.2, -0.15) is 13.2 Å². The Labute approximate surface area is 180 Å². The Morgan fingerprint density at radius 1 is 1.13 bits per heavy atom. The van der Waals surface area contributed by atoms with E-state index in [0.717, 1.165) is 25.0 Å². The normalized spacial score (nSPS) is 20.7. The predicted octanol–water partition coefficient (Wildman–Crippen LogP) is 5.08. The molecule has 1 aliphatic heterocycles. The summed E-state index contributed by atoms with van der Waals surface area (Å²) in [7, 11) is 1.19. The van der Waals surface area contributed by atoms with Crippen LogP contribution in [0.3, 0.4) is 0 Å². The third kappa shape index (κ3) is 5.07. The zero-order chi connectivity index (χ0) is 23.0. The van der Waals surface area contributed by atoms with E-state index in [1.165, 1.54) is 13.2 Å². The SMILES string of the molecule is COC(=O)c1ccc(C(F)(F)F)c(N[C@H]2CCC23CCN(C(=O)OC(C)(C)C)CC3)c1. The van der Waals surface area contributed by atoms with Gasteiger partial charge in [-0.25, -0.2) is 9.59 Å². The number of alkyl halides is 3. The van der Waals surface area contributed by atoms with E-state index in [1.807, 2.05) is 20.8 Å². The van der Waals surface area contributed by atoms with Crippen LogP contribution in [0.2, 0.25) is 0 Å². The molecule has 1 aromatic rings. The molecule has 1 aromatic carbocycles. The summed E-state index contributed by atoms with van der Waals surface area (Å²) >= 11 is 0. The molecule has 1 aliphatic carbocycles. The van der Waals surface area contributed by atoms with Gasteiger partial charge in [0, 0.05) is 24.8 Å². The zero-order valence-electron chi connectivity index (χ0n) is 18.3. The van der Waals surface area contributed by atoms with Gasteiger partial charge in [0.15, 0.2) is 0 Å². The highest BCUT2D eigenvalue weighted by Gasteiger charge is 2.49. The lowest BCUT2D eigenvalue weighted by Gasteiger charge is -2.54. The van der Waals surface area contributed by atoms with Crippen molar-refractivity contribution in [3.05, 3.63) is 29.3 Å². The van der Waals surface area contributed by atoms with E-state index >= 15 is 0 Å². The molecule has 172 valence electrons. The van der Waals surface area contributed by atoms with Gasteiger partial charge in [-0.3, -0.25) is 0 Å². The number of ether oxygens (including phenoxy) is 2. The number of carbonyl (C=O) groups is 2. The third-order valence-corrected chi connectivity index (χ3v) is 6.16. The minimum absolute atomic E-state index is 0.0612. The quantitative estimate of drug-likeness (QED) is 0.661. The van der Waals surface area contributed by atoms with E-state index in [0.29, 0.717) is 25.9 Å². The van der Waals surface area contributed by atoms with E-state index in [-0.39, 0.29) is 28.8 Å². The molecule has 1 heterocycles. The minimum Gasteiger partial charge on any atom is -0.465 e. The molecule has 0 radical (unpaired) electrons. The van der Waals surface area contributed by atoms with Crippen LogP contribution in [0.1, 0.15) is 62.4 Å². The Hall–Kier alpha value is -2.45. The number of nitrogens with zero attached hydrogens (tertiary/aromatic N) is 1. The number of carbonyl (C=O) groups excluding carboxylic acids is 2. The average Bonchev–Trinajstić information content (AvgIpc) is 2.68. The smallest absolute Gasteiger partial charge is 0.418 e. The Balaban J connectivity index is 1.73. The summed E-state index contributed by atoms with van der Waals surface area (Å²) < 4.78 is 50.7. The average molecular weight is 442 g/mol. The highest BCUT2D eigenvalue weighted by molar-refractivity contribution is 5.90. The summed E-state index contributed by atoms with van der Waals surface area (Å²) in [5, 5.41) is 3.05. The van der Waals surface area contributed by atoms with Gasteiger partial charge < -0.3 is 19.7 Å². The van der Waals surface area contributed by atoms with Gasteiger partial charge in [0.25, 0.3) is 0 Å². The molecule has 31 heavy (non-hydrogen) atoms. The van der Waals surface area contributed by atoms with Crippen molar-refractivity contribution < 1.29 is 32.2 Å². The van der Waals surface area contributed by atoms with Crippen LogP contribution in [0.4, 0.5) is 23.7 Å². The molecule has 0 aromatic heterocycles. The van der Waals surface area contributed by atoms with E-state index in [4.69, 9.17) is 4.74 Å². The van der Waals surface area contributed by atoms with Crippen molar-refractivity contribution in [2.75, 3.05) is 25.5 Å². The van der Waals surface area contributed by atoms with E-state index in [2.05, 4.69) is 10.1 Å². The van der Waals surface area contributed by atoms with Gasteiger partial charge in [-0.1, -0.05) is 0 Å². The third-order valence-electron chi connectivity index (χ3n) is 6.16. The molecule has 2 fully saturated rings. The summed E-state index contributed by atoms with van der Waals surface area (Å²) in [6.07, 6.45) is -1.94. The minimum atomic E-state index is -4.55. The van der Waals surface area contributed by atoms with Crippen LogP contribution in [0.25, 0.3) is 0 Å². The van der Waals surface area contributed by atoms with E-state index < -0.39 is 23.3 Å². The summed E-state index contributed by atoms with van der Waals surface area (Å²) in [6.45, 7) is 6.43. The Kier molecular flexibility index (Phi) is 6.17. The maximum atomic E-state index is 13.5. The highest BCUT2D eigenvalue weighted by Crippen LogP contribution is 2.51. The molecule has 1 saturated carbocycles. The molecule has 0 unspecified atom stereocenters. The van der Waals surface area contributed by atoms with Crippen LogP contribution in [-0.4, -0.2) is 48.8 Å². The molecule has 2 aliphatic rings. The number of rotatable bonds is 3. The van der Waals surface area contributed by atoms with Gasteiger partial charge in [0.2, 0.25) is 0 Å². The fourth-order valence-electron chi connectivity index (χ4n) is 4.33. The molecule has 3 rings (SSSR count). The fraction of sp³-hybridized carbons (Fsp3) is 0.636. The number of anilines is 1. The van der Waals surface area contributed by atoms with E-state index in [9.17, 15) is 22.8 Å². The van der Waals surface area contributed by atoms with Gasteiger partial charge in [-0.15, -0.1) is 0 Å². The Morgan fingerprint density at radius 2 is 1.77 bits per heavy atom. The molecule has 1 saturated heterocycles. The molecule has 1 N–H and O–H groups in total. The monoisotopic (exact) mass is 442 g/mol. The van der Waals surface area contributed by atoms with Crippen molar-refractivity contribution in [2.24, 2.45) is 5.41 Å². The van der Waals surface area contributed by atoms with Crippen molar-refractivity contribution >= 4 is 17.7 Å². The van der Waals surface area contributed by atoms with Crippen molar-refractivity contribution in [3.63, 3.8) is 0 Å². The maximum Gasteiger partial charge on any atom is 0.418 e. The van der Waals surface area contributed by atoms with Crippen LogP contribution in [0.15, 0.2) is 18.2 Å². The summed E-state index contributed by atoms with van der Waals surface area (Å²) in [4.78, 5) is 25.8. The number of piperidine rings is 1. The molecular weight excluding hydrogens is 413 g/mol. The summed E-state index contributed by atoms with van der Waals surface area (Å²) in [6, 6.07) is 3.07. The first kappa shape index (κ1) is 23.2. The number of nitrogens with one attached hydrogen (secondary N) is 1. The number of benzene rings is 1. The number of hydrogen-bond donors (Lipinski definition) is 1. The summed E-state index contributed by atoms with van der Waals surface area (Å²) in [5.74, 6) is -0.689. The molecule has 1 spiro atoms. The first-order valence-electron chi connectivity index (χ1n) is 10.4. The van der Waals surface area contributed by atoms with Crippen LogP contribution < -0.4 is 5.32 Å². The van der Waals surface area contributed by atoms with Crippen LogP contribution in [0.5, 0.6) is 0 Å². The van der Waals surface area contributed by atoms with Gasteiger partial charge in [0.05, 0.1) is 18.2 Å². The maximum absolute atomic E-state index is 13.5. The zero-order valence-corrected chi connectivity index (χ0v) is 18.3. The number of amides is 1. The molecule has 1 amide bonds. The lowest BCUT2D eigenvalue weighted by atomic mass is 9.59. The molecule has 6 nitrogen and oxygen atoms in total. The van der Waals surface area contributed by atoms with Crippen molar-refractivity contribution in [1.29, 1.82) is 0 Å². The molecule has 1 atom stereocenters. The predicted molar refractivity (Wildman–Crippen MR) is 109 cm³/mol. The van der Waals surface area contributed by atoms with Gasteiger partial charge in [-0.05, 0) is 70.1 Å². The topological polar surface area (TPSA) is 67.9 Å². The summed E-state index contributed by atoms with van der Waals surface area (Å²) in [5.41, 5.74) is -1.62. The number of esters is 1. The van der Waals surface area contributed by atoms with E-state index in [1.54, 1.807) is 4.90 Å². The number of hydrogen-bond acceptors (Lipinski definition) is 5.